The molecule has 0 saturated heterocycles. The van der Waals surface area contributed by atoms with Crippen molar-refractivity contribution in [2.75, 3.05) is 19.8 Å². The number of hydrogen-bond acceptors (Lipinski definition) is 4. The second-order valence-electron chi connectivity index (χ2n) is 9.13. The summed E-state index contributed by atoms with van der Waals surface area (Å²) >= 11 is 0. The van der Waals surface area contributed by atoms with E-state index in [4.69, 9.17) is 9.47 Å². The highest BCUT2D eigenvalue weighted by molar-refractivity contribution is 5.69. The summed E-state index contributed by atoms with van der Waals surface area (Å²) in [4.78, 5) is 12.0. The minimum absolute atomic E-state index is 0.165. The van der Waals surface area contributed by atoms with Crippen molar-refractivity contribution in [2.45, 2.75) is 148 Å². The molecular weight excluding hydrogens is 388 g/mol. The van der Waals surface area contributed by atoms with Crippen LogP contribution in [0.25, 0.3) is 0 Å². The number of esters is 1. The van der Waals surface area contributed by atoms with Gasteiger partial charge in [0.15, 0.2) is 0 Å². The zero-order valence-electron chi connectivity index (χ0n) is 21.0. The summed E-state index contributed by atoms with van der Waals surface area (Å²) in [7, 11) is 0. The third-order valence-corrected chi connectivity index (χ3v) is 5.93. The molecule has 0 aromatic rings. The maximum Gasteiger partial charge on any atom is 0.306 e. The molecule has 0 aliphatic carbocycles. The van der Waals surface area contributed by atoms with Crippen molar-refractivity contribution in [3.63, 3.8) is 0 Å². The summed E-state index contributed by atoms with van der Waals surface area (Å²) in [6.45, 7) is 5.32. The van der Waals surface area contributed by atoms with Gasteiger partial charge in [0, 0.05) is 13.0 Å². The number of aliphatic hydroxyl groups excluding tert-OH is 1. The van der Waals surface area contributed by atoms with Gasteiger partial charge in [-0.1, -0.05) is 123 Å². The topological polar surface area (TPSA) is 55.8 Å². The van der Waals surface area contributed by atoms with Gasteiger partial charge < -0.3 is 14.6 Å². The lowest BCUT2D eigenvalue weighted by molar-refractivity contribution is -0.154. The normalized spacial score (nSPS) is 12.2. The molecule has 0 spiro atoms. The Morgan fingerprint density at radius 1 is 0.645 bits per heavy atom. The minimum atomic E-state index is -0.519. The fraction of sp³-hybridized carbons (Fsp3) is 0.963. The summed E-state index contributed by atoms with van der Waals surface area (Å²) in [6.07, 6.45) is 24.0. The van der Waals surface area contributed by atoms with Crippen molar-refractivity contribution < 1.29 is 19.4 Å². The standard InChI is InChI=1S/C27H54O4/c1-3-5-7-9-11-13-14-16-18-20-22-27(29)31-26(24-28)25-30-23-21-19-17-15-12-10-8-6-4-2/h26,28H,3-25H2,1-2H3. The average Bonchev–Trinajstić information content (AvgIpc) is 2.77. The third kappa shape index (κ3) is 23.9. The summed E-state index contributed by atoms with van der Waals surface area (Å²) in [5.41, 5.74) is 0. The molecule has 0 radical (unpaired) electrons. The number of carbonyl (C=O) groups excluding carboxylic acids is 1. The van der Waals surface area contributed by atoms with E-state index in [0.717, 1.165) is 19.3 Å². The molecule has 31 heavy (non-hydrogen) atoms. The Kier molecular flexibility index (Phi) is 25.1. The number of hydrogen-bond donors (Lipinski definition) is 1. The Morgan fingerprint density at radius 2 is 1.06 bits per heavy atom. The molecule has 0 saturated carbocycles. The molecule has 1 unspecified atom stereocenters. The predicted octanol–water partition coefficient (Wildman–Crippen LogP) is 7.75. The number of rotatable bonds is 25. The molecule has 0 aliphatic rings. The van der Waals surface area contributed by atoms with Crippen LogP contribution >= 0.6 is 0 Å². The van der Waals surface area contributed by atoms with E-state index in [-0.39, 0.29) is 12.6 Å². The van der Waals surface area contributed by atoms with Crippen molar-refractivity contribution in [2.24, 2.45) is 0 Å². The molecule has 186 valence electrons. The van der Waals surface area contributed by atoms with Crippen molar-refractivity contribution in [1.82, 2.24) is 0 Å². The molecule has 0 aliphatic heterocycles. The zero-order valence-corrected chi connectivity index (χ0v) is 21.0. The largest absolute Gasteiger partial charge is 0.457 e. The van der Waals surface area contributed by atoms with Crippen LogP contribution in [0.5, 0.6) is 0 Å². The molecule has 0 bridgehead atoms. The van der Waals surface area contributed by atoms with E-state index in [0.29, 0.717) is 19.6 Å². The van der Waals surface area contributed by atoms with Crippen LogP contribution in [0.15, 0.2) is 0 Å². The number of aliphatic hydroxyl groups is 1. The molecule has 4 heteroatoms. The van der Waals surface area contributed by atoms with Gasteiger partial charge in [0.25, 0.3) is 0 Å². The van der Waals surface area contributed by atoms with E-state index in [1.807, 2.05) is 0 Å². The Morgan fingerprint density at radius 3 is 1.52 bits per heavy atom. The Balaban J connectivity index is 3.45. The van der Waals surface area contributed by atoms with Crippen LogP contribution in [0.1, 0.15) is 142 Å². The molecule has 0 heterocycles. The van der Waals surface area contributed by atoms with Gasteiger partial charge in [-0.15, -0.1) is 0 Å². The summed E-state index contributed by atoms with van der Waals surface area (Å²) < 4.78 is 11.0. The lowest BCUT2D eigenvalue weighted by Crippen LogP contribution is -2.27. The molecule has 0 aromatic heterocycles. The first-order valence-corrected chi connectivity index (χ1v) is 13.6. The van der Waals surface area contributed by atoms with Gasteiger partial charge in [0.2, 0.25) is 0 Å². The molecule has 1 atom stereocenters. The van der Waals surface area contributed by atoms with Crippen LogP contribution in [0.3, 0.4) is 0 Å². The molecule has 0 rings (SSSR count). The van der Waals surface area contributed by atoms with Gasteiger partial charge in [-0.2, -0.15) is 0 Å². The monoisotopic (exact) mass is 442 g/mol. The second kappa shape index (κ2) is 25.6. The maximum atomic E-state index is 12.0. The van der Waals surface area contributed by atoms with Gasteiger partial charge in [-0.25, -0.2) is 0 Å². The van der Waals surface area contributed by atoms with Gasteiger partial charge in [0.1, 0.15) is 6.10 Å². The van der Waals surface area contributed by atoms with Crippen LogP contribution in [0.4, 0.5) is 0 Å². The fourth-order valence-electron chi connectivity index (χ4n) is 3.86. The Bertz CT molecular complexity index is 359. The van der Waals surface area contributed by atoms with Crippen molar-refractivity contribution in [3.05, 3.63) is 0 Å². The van der Waals surface area contributed by atoms with E-state index < -0.39 is 6.10 Å². The van der Waals surface area contributed by atoms with Gasteiger partial charge in [-0.05, 0) is 12.8 Å². The summed E-state index contributed by atoms with van der Waals surface area (Å²) in [5, 5.41) is 9.43. The van der Waals surface area contributed by atoms with Gasteiger partial charge in [0.05, 0.1) is 13.2 Å². The second-order valence-corrected chi connectivity index (χ2v) is 9.13. The first kappa shape index (κ1) is 30.4. The number of unbranched alkanes of at least 4 members (excludes halogenated alkanes) is 17. The van der Waals surface area contributed by atoms with Gasteiger partial charge in [-0.3, -0.25) is 4.79 Å². The van der Waals surface area contributed by atoms with Crippen LogP contribution in [-0.2, 0) is 14.3 Å². The highest BCUT2D eigenvalue weighted by Crippen LogP contribution is 2.12. The fourth-order valence-corrected chi connectivity index (χ4v) is 3.86. The van der Waals surface area contributed by atoms with E-state index in [9.17, 15) is 9.90 Å². The molecule has 0 amide bonds. The van der Waals surface area contributed by atoms with Gasteiger partial charge >= 0.3 is 5.97 Å². The SMILES string of the molecule is CCCCCCCCCCCCC(=O)OC(CO)COCCCCCCCCCCC. The minimum Gasteiger partial charge on any atom is -0.457 e. The lowest BCUT2D eigenvalue weighted by atomic mass is 10.1. The molecular formula is C27H54O4. The van der Waals surface area contributed by atoms with E-state index in [2.05, 4.69) is 13.8 Å². The van der Waals surface area contributed by atoms with Crippen molar-refractivity contribution in [1.29, 1.82) is 0 Å². The van der Waals surface area contributed by atoms with Crippen LogP contribution in [-0.4, -0.2) is 37.0 Å². The predicted molar refractivity (Wildman–Crippen MR) is 131 cm³/mol. The molecule has 4 nitrogen and oxygen atoms in total. The number of carbonyl (C=O) groups is 1. The third-order valence-electron chi connectivity index (χ3n) is 5.93. The molecule has 0 aromatic carbocycles. The highest BCUT2D eigenvalue weighted by Gasteiger charge is 2.13. The maximum absolute atomic E-state index is 12.0. The average molecular weight is 443 g/mol. The van der Waals surface area contributed by atoms with Crippen LogP contribution < -0.4 is 0 Å². The number of ether oxygens (including phenoxy) is 2. The zero-order chi connectivity index (χ0) is 22.8. The highest BCUT2D eigenvalue weighted by atomic mass is 16.6. The smallest absolute Gasteiger partial charge is 0.306 e. The Labute approximate surface area is 193 Å². The quantitative estimate of drug-likeness (QED) is 0.116. The van der Waals surface area contributed by atoms with E-state index in [1.54, 1.807) is 0 Å². The molecule has 1 N–H and O–H groups in total. The summed E-state index contributed by atoms with van der Waals surface area (Å²) in [5.74, 6) is -0.203. The first-order chi connectivity index (χ1) is 15.2. The van der Waals surface area contributed by atoms with E-state index >= 15 is 0 Å². The van der Waals surface area contributed by atoms with Crippen LogP contribution in [0, 0.1) is 0 Å². The molecule has 0 fully saturated rings. The Hall–Kier alpha value is -0.610. The first-order valence-electron chi connectivity index (χ1n) is 13.6. The van der Waals surface area contributed by atoms with Crippen LogP contribution in [0.2, 0.25) is 0 Å². The van der Waals surface area contributed by atoms with Crippen molar-refractivity contribution in [3.8, 4) is 0 Å². The lowest BCUT2D eigenvalue weighted by Gasteiger charge is -2.16. The van der Waals surface area contributed by atoms with E-state index in [1.165, 1.54) is 103 Å². The summed E-state index contributed by atoms with van der Waals surface area (Å²) in [6, 6.07) is 0. The van der Waals surface area contributed by atoms with Crippen molar-refractivity contribution >= 4 is 5.97 Å².